The van der Waals surface area contributed by atoms with Crippen molar-refractivity contribution in [2.24, 2.45) is 0 Å². The normalized spacial score (nSPS) is 16.6. The van der Waals surface area contributed by atoms with Crippen LogP contribution in [-0.2, 0) is 9.53 Å². The van der Waals surface area contributed by atoms with Gasteiger partial charge in [0.2, 0.25) is 5.13 Å². The van der Waals surface area contributed by atoms with E-state index in [9.17, 15) is 13.6 Å². The number of benzene rings is 1. The molecule has 1 aliphatic rings. The first-order chi connectivity index (χ1) is 16.0. The van der Waals surface area contributed by atoms with Gasteiger partial charge in [0.1, 0.15) is 11.9 Å². The maximum atomic E-state index is 12.7. The predicted molar refractivity (Wildman–Crippen MR) is 115 cm³/mol. The summed E-state index contributed by atoms with van der Waals surface area (Å²) in [6, 6.07) is 9.46. The standard InChI is InChI=1S/C20H20F2N6O4S/c1-30-16(12-4-2-5-13(10-12)31-18(21)22)17(29)24-19-26-27-20(33-19)32-14-7-9-28(11-14)15-6-3-8-23-25-15/h2-6,8,10,14,16,18H,7,9,11H2,1H3,(H,24,26,29)/t14-,16?/m1/s1. The van der Waals surface area contributed by atoms with E-state index in [1.54, 1.807) is 12.3 Å². The van der Waals surface area contributed by atoms with Crippen LogP contribution < -0.4 is 19.7 Å². The van der Waals surface area contributed by atoms with E-state index in [2.05, 4.69) is 35.3 Å². The Morgan fingerprint density at radius 1 is 1.24 bits per heavy atom. The van der Waals surface area contributed by atoms with Crippen molar-refractivity contribution in [1.29, 1.82) is 0 Å². The lowest BCUT2D eigenvalue weighted by Gasteiger charge is -2.16. The van der Waals surface area contributed by atoms with E-state index in [1.165, 1.54) is 25.3 Å². The molecular formula is C20H20F2N6O4S. The van der Waals surface area contributed by atoms with Crippen LogP contribution in [0.15, 0.2) is 42.6 Å². The number of aromatic nitrogens is 4. The van der Waals surface area contributed by atoms with Gasteiger partial charge in [0, 0.05) is 26.3 Å². The Balaban J connectivity index is 1.34. The molecular weight excluding hydrogens is 458 g/mol. The van der Waals surface area contributed by atoms with Crippen LogP contribution in [0.3, 0.4) is 0 Å². The second kappa shape index (κ2) is 10.4. The zero-order valence-electron chi connectivity index (χ0n) is 17.4. The van der Waals surface area contributed by atoms with E-state index in [-0.39, 0.29) is 17.0 Å². The maximum absolute atomic E-state index is 12.7. The summed E-state index contributed by atoms with van der Waals surface area (Å²) in [7, 11) is 1.34. The summed E-state index contributed by atoms with van der Waals surface area (Å²) < 4.78 is 40.5. The van der Waals surface area contributed by atoms with Crippen LogP contribution >= 0.6 is 11.3 Å². The van der Waals surface area contributed by atoms with Crippen molar-refractivity contribution in [2.75, 3.05) is 30.4 Å². The van der Waals surface area contributed by atoms with Crippen LogP contribution in [0, 0.1) is 0 Å². The van der Waals surface area contributed by atoms with Gasteiger partial charge in [-0.1, -0.05) is 17.2 Å². The number of nitrogens with zero attached hydrogens (tertiary/aromatic N) is 5. The summed E-state index contributed by atoms with van der Waals surface area (Å²) in [6.07, 6.45) is 1.23. The number of carbonyl (C=O) groups excluding carboxylic acids is 1. The average Bonchev–Trinajstić information content (AvgIpc) is 3.44. The number of alkyl halides is 2. The summed E-state index contributed by atoms with van der Waals surface area (Å²) in [5.74, 6) is 0.169. The number of hydrogen-bond acceptors (Lipinski definition) is 10. The van der Waals surface area contributed by atoms with Crippen LogP contribution in [0.4, 0.5) is 19.7 Å². The predicted octanol–water partition coefficient (Wildman–Crippen LogP) is 2.91. The number of anilines is 2. The molecule has 1 amide bonds. The Kier molecular flexibility index (Phi) is 7.19. The van der Waals surface area contributed by atoms with Crippen LogP contribution in [0.1, 0.15) is 18.1 Å². The number of ether oxygens (including phenoxy) is 3. The van der Waals surface area contributed by atoms with Crippen molar-refractivity contribution in [3.05, 3.63) is 48.2 Å². The lowest BCUT2D eigenvalue weighted by atomic mass is 10.1. The number of methoxy groups -OCH3 is 1. The molecule has 33 heavy (non-hydrogen) atoms. The van der Waals surface area contributed by atoms with E-state index in [1.807, 2.05) is 12.1 Å². The molecule has 13 heteroatoms. The second-order valence-corrected chi connectivity index (χ2v) is 7.93. The second-order valence-electron chi connectivity index (χ2n) is 6.99. The number of hydrogen-bond donors (Lipinski definition) is 1. The number of halogens is 2. The molecule has 0 bridgehead atoms. The van der Waals surface area contributed by atoms with Gasteiger partial charge in [-0.25, -0.2) is 0 Å². The molecule has 10 nitrogen and oxygen atoms in total. The van der Waals surface area contributed by atoms with Crippen molar-refractivity contribution in [1.82, 2.24) is 20.4 Å². The van der Waals surface area contributed by atoms with Gasteiger partial charge in [-0.05, 0) is 41.2 Å². The molecule has 1 fully saturated rings. The monoisotopic (exact) mass is 478 g/mol. The van der Waals surface area contributed by atoms with E-state index in [0.717, 1.165) is 30.1 Å². The van der Waals surface area contributed by atoms with Gasteiger partial charge in [0.15, 0.2) is 11.9 Å². The number of nitrogens with one attached hydrogen (secondary N) is 1. The van der Waals surface area contributed by atoms with Crippen molar-refractivity contribution in [3.8, 4) is 10.9 Å². The smallest absolute Gasteiger partial charge is 0.387 e. The molecule has 0 radical (unpaired) electrons. The molecule has 1 N–H and O–H groups in total. The van der Waals surface area contributed by atoms with Crippen LogP contribution in [0.25, 0.3) is 0 Å². The first-order valence-electron chi connectivity index (χ1n) is 9.93. The average molecular weight is 478 g/mol. The molecule has 174 valence electrons. The van der Waals surface area contributed by atoms with Crippen molar-refractivity contribution in [2.45, 2.75) is 25.2 Å². The molecule has 1 unspecified atom stereocenters. The zero-order chi connectivity index (χ0) is 23.2. The molecule has 0 spiro atoms. The van der Waals surface area contributed by atoms with E-state index in [4.69, 9.17) is 9.47 Å². The Hall–Kier alpha value is -3.45. The summed E-state index contributed by atoms with van der Waals surface area (Å²) in [6.45, 7) is -1.57. The third-order valence-corrected chi connectivity index (χ3v) is 5.52. The number of amides is 1. The third kappa shape index (κ3) is 5.87. The largest absolute Gasteiger partial charge is 0.464 e. The number of rotatable bonds is 9. The van der Waals surface area contributed by atoms with Gasteiger partial charge in [-0.15, -0.1) is 10.2 Å². The fourth-order valence-electron chi connectivity index (χ4n) is 3.36. The molecule has 3 aromatic rings. The molecule has 2 atom stereocenters. The molecule has 0 saturated carbocycles. The summed E-state index contributed by atoms with van der Waals surface area (Å²) in [5, 5.41) is 19.1. The van der Waals surface area contributed by atoms with Gasteiger partial charge < -0.3 is 19.1 Å². The topological polar surface area (TPSA) is 112 Å². The first-order valence-corrected chi connectivity index (χ1v) is 10.7. The lowest BCUT2D eigenvalue weighted by Crippen LogP contribution is -2.25. The molecule has 2 aromatic heterocycles. The fourth-order valence-corrected chi connectivity index (χ4v) is 4.03. The van der Waals surface area contributed by atoms with E-state index >= 15 is 0 Å². The van der Waals surface area contributed by atoms with Crippen LogP contribution in [0.5, 0.6) is 10.9 Å². The van der Waals surface area contributed by atoms with Crippen LogP contribution in [0.2, 0.25) is 0 Å². The van der Waals surface area contributed by atoms with Crippen molar-refractivity contribution >= 4 is 28.2 Å². The van der Waals surface area contributed by atoms with Crippen molar-refractivity contribution in [3.63, 3.8) is 0 Å². The van der Waals surface area contributed by atoms with E-state index < -0.39 is 18.6 Å². The Bertz CT molecular complexity index is 1070. The highest BCUT2D eigenvalue weighted by molar-refractivity contribution is 7.17. The summed E-state index contributed by atoms with van der Waals surface area (Å²) in [5.41, 5.74) is 0.351. The summed E-state index contributed by atoms with van der Waals surface area (Å²) >= 11 is 1.08. The van der Waals surface area contributed by atoms with Crippen LogP contribution in [-0.4, -0.2) is 59.2 Å². The van der Waals surface area contributed by atoms with Gasteiger partial charge in [-0.2, -0.15) is 13.9 Å². The highest BCUT2D eigenvalue weighted by atomic mass is 32.1. The third-order valence-electron chi connectivity index (χ3n) is 4.79. The van der Waals surface area contributed by atoms with Gasteiger partial charge in [-0.3, -0.25) is 10.1 Å². The minimum absolute atomic E-state index is 0.0731. The van der Waals surface area contributed by atoms with Crippen molar-refractivity contribution < 1.29 is 27.8 Å². The first kappa shape index (κ1) is 22.7. The highest BCUT2D eigenvalue weighted by Crippen LogP contribution is 2.29. The molecule has 4 rings (SSSR count). The maximum Gasteiger partial charge on any atom is 0.387 e. The highest BCUT2D eigenvalue weighted by Gasteiger charge is 2.27. The zero-order valence-corrected chi connectivity index (χ0v) is 18.2. The fraction of sp³-hybridized carbons (Fsp3) is 0.350. The minimum atomic E-state index is -2.97. The Morgan fingerprint density at radius 3 is 2.88 bits per heavy atom. The Labute approximate surface area is 191 Å². The molecule has 1 aromatic carbocycles. The van der Waals surface area contributed by atoms with E-state index in [0.29, 0.717) is 17.3 Å². The quantitative estimate of drug-likeness (QED) is 0.496. The molecule has 1 aliphatic heterocycles. The number of carbonyl (C=O) groups is 1. The lowest BCUT2D eigenvalue weighted by molar-refractivity contribution is -0.126. The van der Waals surface area contributed by atoms with Gasteiger partial charge in [0.25, 0.3) is 11.1 Å². The molecule has 1 saturated heterocycles. The molecule has 3 heterocycles. The molecule has 0 aliphatic carbocycles. The Morgan fingerprint density at radius 2 is 2.12 bits per heavy atom. The van der Waals surface area contributed by atoms with Gasteiger partial charge in [0.05, 0.1) is 6.54 Å². The van der Waals surface area contributed by atoms with Gasteiger partial charge >= 0.3 is 6.61 Å². The SMILES string of the molecule is COC(C(=O)Nc1nnc(O[C@@H]2CCN(c3cccnn3)C2)s1)c1cccc(OC(F)F)c1. The minimum Gasteiger partial charge on any atom is -0.464 e. The summed E-state index contributed by atoms with van der Waals surface area (Å²) in [4.78, 5) is 14.8.